The summed E-state index contributed by atoms with van der Waals surface area (Å²) in [5.41, 5.74) is 1.01. The molecule has 2 N–H and O–H groups in total. The first-order valence-corrected chi connectivity index (χ1v) is 7.04. The molecule has 0 unspecified atom stereocenters. The van der Waals surface area contributed by atoms with Crippen LogP contribution in [0.15, 0.2) is 17.0 Å². The summed E-state index contributed by atoms with van der Waals surface area (Å²) in [5.74, 6) is 0.563. The predicted octanol–water partition coefficient (Wildman–Crippen LogP) is 2.46. The Hall–Kier alpha value is -1.07. The Bertz CT molecular complexity index is 542. The molecule has 0 radical (unpaired) electrons. The molecule has 5 heteroatoms. The Morgan fingerprint density at radius 3 is 2.35 bits per heavy atom. The van der Waals surface area contributed by atoms with Crippen molar-refractivity contribution in [2.45, 2.75) is 37.5 Å². The SMILES string of the molecule is Cc1ccc(S(=O)(=O)O)c(C2CC(C)C2)c1O. The molecule has 4 nitrogen and oxygen atoms in total. The van der Waals surface area contributed by atoms with Gasteiger partial charge in [-0.3, -0.25) is 4.55 Å². The molecule has 0 heterocycles. The van der Waals surface area contributed by atoms with Crippen LogP contribution in [0.4, 0.5) is 0 Å². The van der Waals surface area contributed by atoms with E-state index in [1.807, 2.05) is 0 Å². The van der Waals surface area contributed by atoms with Gasteiger partial charge in [0.1, 0.15) is 10.6 Å². The molecule has 0 bridgehead atoms. The van der Waals surface area contributed by atoms with Crippen LogP contribution in [-0.2, 0) is 10.1 Å². The minimum Gasteiger partial charge on any atom is -0.507 e. The monoisotopic (exact) mass is 256 g/mol. The fraction of sp³-hybridized carbons (Fsp3) is 0.500. The maximum absolute atomic E-state index is 11.3. The van der Waals surface area contributed by atoms with Crippen LogP contribution < -0.4 is 0 Å². The molecule has 1 aliphatic carbocycles. The number of hydrogen-bond acceptors (Lipinski definition) is 3. The van der Waals surface area contributed by atoms with E-state index in [1.165, 1.54) is 12.1 Å². The van der Waals surface area contributed by atoms with Crippen molar-refractivity contribution in [1.82, 2.24) is 0 Å². The third-order valence-corrected chi connectivity index (χ3v) is 4.35. The van der Waals surface area contributed by atoms with Crippen molar-refractivity contribution >= 4 is 10.1 Å². The molecule has 2 rings (SSSR count). The summed E-state index contributed by atoms with van der Waals surface area (Å²) in [6, 6.07) is 2.87. The molecule has 0 atom stereocenters. The molecule has 1 fully saturated rings. The van der Waals surface area contributed by atoms with Gasteiger partial charge in [-0.05, 0) is 43.2 Å². The molecule has 0 amide bonds. The molecule has 0 spiro atoms. The minimum absolute atomic E-state index is 0.00275. The second-order valence-corrected chi connectivity index (χ2v) is 6.28. The minimum atomic E-state index is -4.27. The Morgan fingerprint density at radius 2 is 1.88 bits per heavy atom. The fourth-order valence-electron chi connectivity index (χ4n) is 2.46. The van der Waals surface area contributed by atoms with Crippen LogP contribution in [0, 0.1) is 12.8 Å². The zero-order valence-corrected chi connectivity index (χ0v) is 10.7. The zero-order chi connectivity index (χ0) is 12.8. The van der Waals surface area contributed by atoms with Gasteiger partial charge in [-0.15, -0.1) is 0 Å². The summed E-state index contributed by atoms with van der Waals surface area (Å²) >= 11 is 0. The lowest BCUT2D eigenvalue weighted by atomic mass is 9.72. The highest BCUT2D eigenvalue weighted by Gasteiger charge is 2.33. The van der Waals surface area contributed by atoms with E-state index in [-0.39, 0.29) is 16.6 Å². The first kappa shape index (κ1) is 12.4. The molecule has 94 valence electrons. The molecule has 1 aromatic carbocycles. The van der Waals surface area contributed by atoms with Crippen LogP contribution in [0.3, 0.4) is 0 Å². The third kappa shape index (κ3) is 2.17. The van der Waals surface area contributed by atoms with Gasteiger partial charge in [0.25, 0.3) is 10.1 Å². The van der Waals surface area contributed by atoms with E-state index in [0.717, 1.165) is 12.8 Å². The summed E-state index contributed by atoms with van der Waals surface area (Å²) in [6.45, 7) is 3.80. The number of phenolic OH excluding ortho intramolecular Hbond substituents is 1. The highest BCUT2D eigenvalue weighted by atomic mass is 32.2. The largest absolute Gasteiger partial charge is 0.507 e. The van der Waals surface area contributed by atoms with Gasteiger partial charge in [-0.2, -0.15) is 8.42 Å². The van der Waals surface area contributed by atoms with Crippen molar-refractivity contribution in [2.75, 3.05) is 0 Å². The maximum atomic E-state index is 11.3. The molecule has 0 aromatic heterocycles. The molecule has 1 saturated carbocycles. The predicted molar refractivity (Wildman–Crippen MR) is 63.8 cm³/mol. The summed E-state index contributed by atoms with van der Waals surface area (Å²) in [7, 11) is -4.27. The van der Waals surface area contributed by atoms with E-state index in [9.17, 15) is 18.1 Å². The van der Waals surface area contributed by atoms with Gasteiger partial charge in [0.15, 0.2) is 0 Å². The number of hydrogen-bond donors (Lipinski definition) is 2. The molecular formula is C12H16O4S. The van der Waals surface area contributed by atoms with Crippen LogP contribution in [-0.4, -0.2) is 18.1 Å². The molecule has 0 saturated heterocycles. The lowest BCUT2D eigenvalue weighted by Crippen LogP contribution is -2.21. The normalized spacial score (nSPS) is 24.4. The van der Waals surface area contributed by atoms with Gasteiger partial charge in [-0.1, -0.05) is 13.0 Å². The fourth-order valence-corrected chi connectivity index (χ4v) is 3.24. The van der Waals surface area contributed by atoms with Crippen molar-refractivity contribution in [3.63, 3.8) is 0 Å². The number of aryl methyl sites for hydroxylation is 1. The molecule has 17 heavy (non-hydrogen) atoms. The van der Waals surface area contributed by atoms with Gasteiger partial charge in [-0.25, -0.2) is 0 Å². The Labute approximate surface area is 101 Å². The summed E-state index contributed by atoms with van der Waals surface area (Å²) in [5, 5.41) is 9.99. The second kappa shape index (κ2) is 3.99. The lowest BCUT2D eigenvalue weighted by Gasteiger charge is -2.34. The second-order valence-electron chi connectivity index (χ2n) is 4.89. The van der Waals surface area contributed by atoms with Crippen molar-refractivity contribution in [2.24, 2.45) is 5.92 Å². The number of aromatic hydroxyl groups is 1. The van der Waals surface area contributed by atoms with E-state index in [1.54, 1.807) is 6.92 Å². The van der Waals surface area contributed by atoms with E-state index in [2.05, 4.69) is 6.92 Å². The summed E-state index contributed by atoms with van der Waals surface area (Å²) in [6.07, 6.45) is 1.69. The quantitative estimate of drug-likeness (QED) is 0.797. The van der Waals surface area contributed by atoms with Crippen LogP contribution in [0.5, 0.6) is 5.75 Å². The lowest BCUT2D eigenvalue weighted by molar-refractivity contribution is 0.277. The molecule has 0 aliphatic heterocycles. The zero-order valence-electron chi connectivity index (χ0n) is 9.84. The van der Waals surface area contributed by atoms with Crippen LogP contribution in [0.25, 0.3) is 0 Å². The van der Waals surface area contributed by atoms with Crippen molar-refractivity contribution in [1.29, 1.82) is 0 Å². The Balaban J connectivity index is 2.57. The third-order valence-electron chi connectivity index (χ3n) is 3.44. The van der Waals surface area contributed by atoms with Gasteiger partial charge >= 0.3 is 0 Å². The first-order chi connectivity index (χ1) is 7.80. The van der Waals surface area contributed by atoms with Gasteiger partial charge < -0.3 is 5.11 Å². The van der Waals surface area contributed by atoms with Crippen LogP contribution in [0.1, 0.15) is 36.8 Å². The highest BCUT2D eigenvalue weighted by Crippen LogP contribution is 2.47. The standard InChI is InChI=1S/C12H16O4S/c1-7-5-9(6-7)11-10(17(14,15)16)4-3-8(2)12(11)13/h3-4,7,9,13H,5-6H2,1-2H3,(H,14,15,16). The Morgan fingerprint density at radius 1 is 1.29 bits per heavy atom. The van der Waals surface area contributed by atoms with Gasteiger partial charge in [0.05, 0.1) is 0 Å². The number of benzene rings is 1. The average molecular weight is 256 g/mol. The smallest absolute Gasteiger partial charge is 0.294 e. The number of phenols is 1. The van der Waals surface area contributed by atoms with E-state index >= 15 is 0 Å². The van der Waals surface area contributed by atoms with E-state index in [0.29, 0.717) is 17.0 Å². The average Bonchev–Trinajstić information content (AvgIpc) is 2.16. The van der Waals surface area contributed by atoms with Gasteiger partial charge in [0.2, 0.25) is 0 Å². The highest BCUT2D eigenvalue weighted by molar-refractivity contribution is 7.85. The summed E-state index contributed by atoms with van der Waals surface area (Å²) < 4.78 is 31.8. The van der Waals surface area contributed by atoms with Gasteiger partial charge in [0, 0.05) is 5.56 Å². The van der Waals surface area contributed by atoms with Crippen molar-refractivity contribution < 1.29 is 18.1 Å². The topological polar surface area (TPSA) is 74.6 Å². The van der Waals surface area contributed by atoms with E-state index in [4.69, 9.17) is 0 Å². The molecule has 1 aliphatic rings. The Kier molecular flexibility index (Phi) is 2.91. The van der Waals surface area contributed by atoms with Crippen LogP contribution >= 0.6 is 0 Å². The van der Waals surface area contributed by atoms with Crippen molar-refractivity contribution in [3.8, 4) is 5.75 Å². The number of rotatable bonds is 2. The van der Waals surface area contributed by atoms with Crippen molar-refractivity contribution in [3.05, 3.63) is 23.3 Å². The maximum Gasteiger partial charge on any atom is 0.294 e. The molecule has 1 aromatic rings. The van der Waals surface area contributed by atoms with Crippen LogP contribution in [0.2, 0.25) is 0 Å². The summed E-state index contributed by atoms with van der Waals surface area (Å²) in [4.78, 5) is -0.155. The first-order valence-electron chi connectivity index (χ1n) is 5.60. The molecular weight excluding hydrogens is 240 g/mol. The van der Waals surface area contributed by atoms with E-state index < -0.39 is 10.1 Å².